The van der Waals surface area contributed by atoms with Crippen molar-refractivity contribution in [3.8, 4) is 0 Å². The summed E-state index contributed by atoms with van der Waals surface area (Å²) in [5, 5.41) is 2.99. The Morgan fingerprint density at radius 2 is 1.96 bits per heavy atom. The van der Waals surface area contributed by atoms with Gasteiger partial charge in [0.05, 0.1) is 17.9 Å². The third-order valence-electron chi connectivity index (χ3n) is 3.61. The molecule has 26 heavy (non-hydrogen) atoms. The first-order valence-electron chi connectivity index (χ1n) is 8.47. The van der Waals surface area contributed by atoms with Crippen LogP contribution in [-0.2, 0) is 11.5 Å². The van der Waals surface area contributed by atoms with Gasteiger partial charge in [0.15, 0.2) is 5.65 Å². The van der Waals surface area contributed by atoms with E-state index in [1.807, 2.05) is 32.3 Å². The van der Waals surface area contributed by atoms with E-state index in [0.717, 1.165) is 11.4 Å². The Balaban J connectivity index is 2.32. The lowest BCUT2D eigenvalue weighted by molar-refractivity contribution is 0.0901. The highest BCUT2D eigenvalue weighted by Gasteiger charge is 2.22. The molecule has 0 aliphatic rings. The zero-order valence-electron chi connectivity index (χ0n) is 16.6. The molecule has 6 nitrogen and oxygen atoms in total. The molecule has 1 N–H and O–H groups in total. The number of nitrogens with zero attached hydrogens (tertiary/aromatic N) is 3. The lowest BCUT2D eigenvalue weighted by Gasteiger charge is -2.24. The third-order valence-corrected chi connectivity index (χ3v) is 5.75. The van der Waals surface area contributed by atoms with Crippen LogP contribution in [0.4, 0.5) is 0 Å². The molecule has 2 heterocycles. The van der Waals surface area contributed by atoms with E-state index in [2.05, 4.69) is 50.0 Å². The zero-order valence-corrected chi connectivity index (χ0v) is 19.0. The number of hydrogen-bond acceptors (Lipinski definition) is 4. The van der Waals surface area contributed by atoms with E-state index in [9.17, 15) is 4.79 Å². The summed E-state index contributed by atoms with van der Waals surface area (Å²) in [5.74, 6) is 0.880. The van der Waals surface area contributed by atoms with Gasteiger partial charge in [0.25, 0.3) is 5.91 Å². The molecule has 2 aromatic rings. The summed E-state index contributed by atoms with van der Waals surface area (Å²) in [5.41, 5.74) is 2.20. The van der Waals surface area contributed by atoms with Crippen LogP contribution in [0.3, 0.4) is 0 Å². The quantitative estimate of drug-likeness (QED) is 0.689. The average Bonchev–Trinajstić information content (AvgIpc) is 2.79. The minimum absolute atomic E-state index is 0.162. The van der Waals surface area contributed by atoms with Crippen LogP contribution in [-0.4, -0.2) is 57.1 Å². The predicted octanol–water partition coefficient (Wildman–Crippen LogP) is 3.70. The molecule has 0 unspecified atom stereocenters. The average molecular weight is 445 g/mol. The van der Waals surface area contributed by atoms with Gasteiger partial charge in [0.2, 0.25) is 0 Å². The first-order chi connectivity index (χ1) is 11.9. The zero-order chi connectivity index (χ0) is 19.7. The van der Waals surface area contributed by atoms with E-state index in [4.69, 9.17) is 4.74 Å². The highest BCUT2D eigenvalue weighted by atomic mass is 79.9. The molecule has 0 atom stereocenters. The Morgan fingerprint density at radius 1 is 1.31 bits per heavy atom. The number of hydrogen-bond donors (Lipinski definition) is 1. The summed E-state index contributed by atoms with van der Waals surface area (Å²) in [6.45, 7) is 8.78. The topological polar surface area (TPSA) is 69.0 Å². The first-order valence-corrected chi connectivity index (χ1v) is 12.3. The normalized spacial score (nSPS) is 13.2. The summed E-state index contributed by atoms with van der Waals surface area (Å²) < 4.78 is 8.34. The Morgan fingerprint density at radius 3 is 2.54 bits per heavy atom. The van der Waals surface area contributed by atoms with Crippen molar-refractivity contribution in [2.45, 2.75) is 40.0 Å². The highest BCUT2D eigenvalue weighted by Crippen LogP contribution is 2.33. The van der Waals surface area contributed by atoms with Crippen LogP contribution in [0.1, 0.15) is 36.8 Å². The van der Waals surface area contributed by atoms with Crippen LogP contribution >= 0.6 is 26.0 Å². The van der Waals surface area contributed by atoms with Crippen molar-refractivity contribution in [2.24, 2.45) is 0 Å². The number of rotatable bonds is 6. The Hall–Kier alpha value is -1.12. The first kappa shape index (κ1) is 21.2. The van der Waals surface area contributed by atoms with E-state index >= 15 is 0 Å². The molecule has 2 aromatic heterocycles. The Bertz CT molecular complexity index is 806. The molecule has 0 spiro atoms. The van der Waals surface area contributed by atoms with Gasteiger partial charge in [0, 0.05) is 17.5 Å². The maximum atomic E-state index is 12.7. The van der Waals surface area contributed by atoms with E-state index in [1.54, 1.807) is 6.20 Å². The number of nitrogens with one attached hydrogen (secondary N) is 1. The van der Waals surface area contributed by atoms with Crippen LogP contribution in [0.5, 0.6) is 0 Å². The van der Waals surface area contributed by atoms with Crippen LogP contribution in [0.25, 0.3) is 11.2 Å². The number of aromatic nitrogens is 3. The van der Waals surface area contributed by atoms with Gasteiger partial charge in [-0.1, -0.05) is 0 Å². The fourth-order valence-electron chi connectivity index (χ4n) is 2.29. The minimum atomic E-state index is -0.594. The molecule has 8 heteroatoms. The summed E-state index contributed by atoms with van der Waals surface area (Å²) in [7, 11) is -0.594. The van der Waals surface area contributed by atoms with Crippen molar-refractivity contribution >= 4 is 43.0 Å². The second kappa shape index (κ2) is 7.86. The van der Waals surface area contributed by atoms with Gasteiger partial charge in [-0.3, -0.25) is 4.79 Å². The summed E-state index contributed by atoms with van der Waals surface area (Å²) in [4.78, 5) is 21.8. The van der Waals surface area contributed by atoms with Crippen molar-refractivity contribution in [1.29, 1.82) is 0 Å². The van der Waals surface area contributed by atoms with Gasteiger partial charge in [-0.25, -0.2) is 20.0 Å². The van der Waals surface area contributed by atoms with Crippen LogP contribution in [0.2, 0.25) is 0 Å². The standard InChI is InChI=1S/C18H29BrN4O2S/c1-12-15(19)21-14-13(17(24)22-18(2,3)4)10-23(16(14)20-12)11-25-8-9-26(5,6)7/h10H,8-9,11H2,1-7H3,(H,22,24). The number of ether oxygens (including phenoxy) is 1. The number of fused-ring (bicyclic) bond motifs is 1. The predicted molar refractivity (Wildman–Crippen MR) is 113 cm³/mol. The smallest absolute Gasteiger partial charge is 0.255 e. The molecule has 146 valence electrons. The maximum absolute atomic E-state index is 12.7. The third kappa shape index (κ3) is 5.69. The minimum Gasteiger partial charge on any atom is -0.360 e. The van der Waals surface area contributed by atoms with Gasteiger partial charge in [-0.15, -0.1) is 0 Å². The number of amides is 1. The molecule has 0 bridgehead atoms. The van der Waals surface area contributed by atoms with Gasteiger partial charge < -0.3 is 14.6 Å². The second-order valence-electron chi connectivity index (χ2n) is 8.32. The lowest BCUT2D eigenvalue weighted by atomic mass is 10.1. The van der Waals surface area contributed by atoms with Crippen molar-refractivity contribution in [3.05, 3.63) is 22.1 Å². The Labute approximate surface area is 165 Å². The number of aryl methyl sites for hydroxylation is 1. The van der Waals surface area contributed by atoms with Gasteiger partial charge in [-0.05, 0) is 62.4 Å². The van der Waals surface area contributed by atoms with Crippen LogP contribution < -0.4 is 5.32 Å². The van der Waals surface area contributed by atoms with Gasteiger partial charge in [0.1, 0.15) is 16.9 Å². The molecule has 0 saturated carbocycles. The molecule has 1 amide bonds. The fourth-order valence-corrected chi connectivity index (χ4v) is 3.17. The van der Waals surface area contributed by atoms with Crippen molar-refractivity contribution in [2.75, 3.05) is 31.1 Å². The van der Waals surface area contributed by atoms with E-state index in [0.29, 0.717) is 34.7 Å². The number of carbonyl (C=O) groups is 1. The van der Waals surface area contributed by atoms with Crippen molar-refractivity contribution in [3.63, 3.8) is 0 Å². The highest BCUT2D eigenvalue weighted by molar-refractivity contribution is 9.10. The van der Waals surface area contributed by atoms with E-state index in [-0.39, 0.29) is 11.4 Å². The molecule has 0 aromatic carbocycles. The molecular formula is C18H29BrN4O2S. The molecular weight excluding hydrogens is 416 g/mol. The van der Waals surface area contributed by atoms with E-state index in [1.165, 1.54) is 0 Å². The summed E-state index contributed by atoms with van der Waals surface area (Å²) in [6, 6.07) is 0. The number of carbonyl (C=O) groups excluding carboxylic acids is 1. The second-order valence-corrected chi connectivity index (χ2v) is 13.7. The van der Waals surface area contributed by atoms with Gasteiger partial charge >= 0.3 is 0 Å². The van der Waals surface area contributed by atoms with Crippen LogP contribution in [0, 0.1) is 6.92 Å². The molecule has 0 fully saturated rings. The largest absolute Gasteiger partial charge is 0.360 e. The SMILES string of the molecule is Cc1nc2c(nc1Br)c(C(=O)NC(C)(C)C)cn2COCCS(C)(C)C. The van der Waals surface area contributed by atoms with Gasteiger partial charge in [-0.2, -0.15) is 0 Å². The molecule has 0 radical (unpaired) electrons. The maximum Gasteiger partial charge on any atom is 0.255 e. The number of halogens is 1. The van der Waals surface area contributed by atoms with E-state index < -0.39 is 10.0 Å². The lowest BCUT2D eigenvalue weighted by Crippen LogP contribution is -2.40. The molecule has 0 aliphatic carbocycles. The van der Waals surface area contributed by atoms with Crippen molar-refractivity contribution in [1.82, 2.24) is 19.9 Å². The monoisotopic (exact) mass is 444 g/mol. The molecule has 2 rings (SSSR count). The fraction of sp³-hybridized carbons (Fsp3) is 0.611. The van der Waals surface area contributed by atoms with Crippen molar-refractivity contribution < 1.29 is 9.53 Å². The summed E-state index contributed by atoms with van der Waals surface area (Å²) in [6.07, 6.45) is 8.58. The molecule has 0 saturated heterocycles. The van der Waals surface area contributed by atoms with Crippen LogP contribution in [0.15, 0.2) is 10.8 Å². The molecule has 0 aliphatic heterocycles. The summed E-state index contributed by atoms with van der Waals surface area (Å²) >= 11 is 3.41. The Kier molecular flexibility index (Phi) is 6.40.